The van der Waals surface area contributed by atoms with E-state index >= 15 is 0 Å². The van der Waals surface area contributed by atoms with Gasteiger partial charge in [0, 0.05) is 0 Å². The van der Waals surface area contributed by atoms with Gasteiger partial charge >= 0.3 is 0 Å². The van der Waals surface area contributed by atoms with Crippen molar-refractivity contribution in [2.75, 3.05) is 0 Å². The van der Waals surface area contributed by atoms with Gasteiger partial charge in [-0.3, -0.25) is 0 Å². The van der Waals surface area contributed by atoms with Crippen molar-refractivity contribution in [1.29, 1.82) is 5.26 Å². The Balaban J connectivity index is 2.96. The van der Waals surface area contributed by atoms with Crippen molar-refractivity contribution in [2.24, 2.45) is 0 Å². The molecule has 0 fully saturated rings. The molecule has 1 rings (SSSR count). The molecule has 1 aromatic rings. The summed E-state index contributed by atoms with van der Waals surface area (Å²) < 4.78 is 0. The molecule has 0 heterocycles. The van der Waals surface area contributed by atoms with E-state index in [0.29, 0.717) is 5.56 Å². The van der Waals surface area contributed by atoms with Crippen molar-refractivity contribution in [3.8, 4) is 11.8 Å². The van der Waals surface area contributed by atoms with E-state index < -0.39 is 6.10 Å². The molecule has 0 aromatic heterocycles. The second-order valence-corrected chi connectivity index (χ2v) is 2.63. The van der Waals surface area contributed by atoms with Crippen LogP contribution in [0.4, 0.5) is 0 Å². The van der Waals surface area contributed by atoms with Crippen LogP contribution in [-0.2, 0) is 0 Å². The van der Waals surface area contributed by atoms with Gasteiger partial charge in [-0.1, -0.05) is 18.7 Å². The molecule has 13 heavy (non-hydrogen) atoms. The Morgan fingerprint density at radius 3 is 2.77 bits per heavy atom. The van der Waals surface area contributed by atoms with Crippen molar-refractivity contribution in [2.45, 2.75) is 6.10 Å². The molecule has 0 aliphatic carbocycles. The van der Waals surface area contributed by atoms with E-state index in [-0.39, 0.29) is 11.3 Å². The van der Waals surface area contributed by atoms with E-state index in [1.807, 2.05) is 0 Å². The number of phenols is 1. The molecule has 0 aliphatic heterocycles. The summed E-state index contributed by atoms with van der Waals surface area (Å²) in [5.41, 5.74) is 0.525. The van der Waals surface area contributed by atoms with Crippen LogP contribution in [0.15, 0.2) is 36.4 Å². The van der Waals surface area contributed by atoms with Crippen LogP contribution in [0.3, 0.4) is 0 Å². The van der Waals surface area contributed by atoms with Crippen LogP contribution in [0.25, 0.3) is 0 Å². The molecule has 1 aromatic carbocycles. The third-order valence-electron chi connectivity index (χ3n) is 1.66. The van der Waals surface area contributed by atoms with Gasteiger partial charge in [-0.15, -0.1) is 0 Å². The first-order valence-electron chi connectivity index (χ1n) is 3.71. The average Bonchev–Trinajstić information content (AvgIpc) is 2.15. The molecule has 0 aliphatic rings. The fraction of sp³-hybridized carbons (Fsp3) is 0.100. The van der Waals surface area contributed by atoms with Crippen molar-refractivity contribution >= 4 is 0 Å². The predicted molar refractivity (Wildman–Crippen MR) is 47.8 cm³/mol. The molecular formula is C10H9NO2. The van der Waals surface area contributed by atoms with Crippen LogP contribution < -0.4 is 0 Å². The molecule has 1 atom stereocenters. The maximum Gasteiger partial charge on any atom is 0.115 e. The largest absolute Gasteiger partial charge is 0.508 e. The predicted octanol–water partition coefficient (Wildman–Crippen LogP) is 1.51. The lowest BCUT2D eigenvalue weighted by molar-refractivity contribution is 0.220. The Morgan fingerprint density at radius 2 is 2.23 bits per heavy atom. The molecule has 66 valence electrons. The van der Waals surface area contributed by atoms with E-state index in [1.54, 1.807) is 18.2 Å². The zero-order valence-corrected chi connectivity index (χ0v) is 6.94. The number of hydrogen-bond donors (Lipinski definition) is 2. The standard InChI is InChI=1S/C10H9NO2/c1-7(6-11)10(13)8-3-2-4-9(12)5-8/h2-5,10,12-13H,1H2. The third kappa shape index (κ3) is 2.08. The van der Waals surface area contributed by atoms with Gasteiger partial charge in [0.2, 0.25) is 0 Å². The van der Waals surface area contributed by atoms with Gasteiger partial charge in [0.25, 0.3) is 0 Å². The Hall–Kier alpha value is -1.79. The van der Waals surface area contributed by atoms with E-state index in [0.717, 1.165) is 0 Å². The number of aliphatic hydroxyl groups is 1. The molecule has 0 bridgehead atoms. The highest BCUT2D eigenvalue weighted by Gasteiger charge is 2.10. The third-order valence-corrected chi connectivity index (χ3v) is 1.66. The Bertz CT molecular complexity index is 365. The van der Waals surface area contributed by atoms with E-state index in [4.69, 9.17) is 10.4 Å². The molecule has 2 N–H and O–H groups in total. The minimum Gasteiger partial charge on any atom is -0.508 e. The zero-order chi connectivity index (χ0) is 9.84. The number of rotatable bonds is 2. The van der Waals surface area contributed by atoms with E-state index in [2.05, 4.69) is 6.58 Å². The highest BCUT2D eigenvalue weighted by Crippen LogP contribution is 2.22. The second kappa shape index (κ2) is 3.74. The molecule has 0 saturated heterocycles. The lowest BCUT2D eigenvalue weighted by Gasteiger charge is -2.08. The summed E-state index contributed by atoms with van der Waals surface area (Å²) >= 11 is 0. The number of benzene rings is 1. The molecular weight excluding hydrogens is 166 g/mol. The maximum absolute atomic E-state index is 9.48. The van der Waals surface area contributed by atoms with Crippen LogP contribution in [0.5, 0.6) is 5.75 Å². The lowest BCUT2D eigenvalue weighted by Crippen LogP contribution is -1.98. The normalized spacial score (nSPS) is 11.7. The number of hydrogen-bond acceptors (Lipinski definition) is 3. The molecule has 3 heteroatoms. The smallest absolute Gasteiger partial charge is 0.115 e. The van der Waals surface area contributed by atoms with Crippen LogP contribution >= 0.6 is 0 Å². The molecule has 1 unspecified atom stereocenters. The number of nitrogens with zero attached hydrogens (tertiary/aromatic N) is 1. The summed E-state index contributed by atoms with van der Waals surface area (Å²) in [6.07, 6.45) is -1.03. The van der Waals surface area contributed by atoms with Crippen molar-refractivity contribution in [1.82, 2.24) is 0 Å². The molecule has 0 saturated carbocycles. The molecule has 0 spiro atoms. The molecule has 3 nitrogen and oxygen atoms in total. The summed E-state index contributed by atoms with van der Waals surface area (Å²) in [5, 5.41) is 27.0. The van der Waals surface area contributed by atoms with Gasteiger partial charge in [0.1, 0.15) is 11.9 Å². The summed E-state index contributed by atoms with van der Waals surface area (Å²) in [5.74, 6) is 0.0577. The number of phenolic OH excluding ortho intramolecular Hbond substituents is 1. The summed E-state index contributed by atoms with van der Waals surface area (Å²) in [6.45, 7) is 3.39. The highest BCUT2D eigenvalue weighted by molar-refractivity contribution is 5.35. The van der Waals surface area contributed by atoms with Crippen molar-refractivity contribution < 1.29 is 10.2 Å². The average molecular weight is 175 g/mol. The Labute approximate surface area is 76.2 Å². The van der Waals surface area contributed by atoms with Crippen LogP contribution in [0.2, 0.25) is 0 Å². The summed E-state index contributed by atoms with van der Waals surface area (Å²) in [7, 11) is 0. The number of aromatic hydroxyl groups is 1. The lowest BCUT2D eigenvalue weighted by atomic mass is 10.0. The monoisotopic (exact) mass is 175 g/mol. The van der Waals surface area contributed by atoms with Crippen molar-refractivity contribution in [3.05, 3.63) is 42.0 Å². The summed E-state index contributed by atoms with van der Waals surface area (Å²) in [6, 6.07) is 7.86. The van der Waals surface area contributed by atoms with E-state index in [1.165, 1.54) is 12.1 Å². The highest BCUT2D eigenvalue weighted by atomic mass is 16.3. The minimum absolute atomic E-state index is 0.0577. The number of aliphatic hydroxyl groups excluding tert-OH is 1. The maximum atomic E-state index is 9.48. The molecule has 0 amide bonds. The van der Waals surface area contributed by atoms with Gasteiger partial charge in [-0.2, -0.15) is 5.26 Å². The van der Waals surface area contributed by atoms with Gasteiger partial charge in [-0.25, -0.2) is 0 Å². The zero-order valence-electron chi connectivity index (χ0n) is 6.94. The van der Waals surface area contributed by atoms with Gasteiger partial charge in [-0.05, 0) is 17.7 Å². The van der Waals surface area contributed by atoms with Crippen molar-refractivity contribution in [3.63, 3.8) is 0 Å². The fourth-order valence-corrected chi connectivity index (χ4v) is 0.957. The Morgan fingerprint density at radius 1 is 1.54 bits per heavy atom. The SMILES string of the molecule is C=C(C#N)C(O)c1cccc(O)c1. The van der Waals surface area contributed by atoms with Crippen LogP contribution in [0, 0.1) is 11.3 Å². The van der Waals surface area contributed by atoms with Crippen LogP contribution in [0.1, 0.15) is 11.7 Å². The fourth-order valence-electron chi connectivity index (χ4n) is 0.957. The Kier molecular flexibility index (Phi) is 2.68. The van der Waals surface area contributed by atoms with Crippen LogP contribution in [-0.4, -0.2) is 10.2 Å². The topological polar surface area (TPSA) is 64.2 Å². The second-order valence-electron chi connectivity index (χ2n) is 2.63. The van der Waals surface area contributed by atoms with E-state index in [9.17, 15) is 5.11 Å². The van der Waals surface area contributed by atoms with Gasteiger partial charge in [0.15, 0.2) is 0 Å². The first-order chi connectivity index (χ1) is 6.15. The van der Waals surface area contributed by atoms with Gasteiger partial charge < -0.3 is 10.2 Å². The first-order valence-corrected chi connectivity index (χ1v) is 3.71. The first kappa shape index (κ1) is 9.30. The summed E-state index contributed by atoms with van der Waals surface area (Å²) in [4.78, 5) is 0. The quantitative estimate of drug-likeness (QED) is 0.669. The van der Waals surface area contributed by atoms with Gasteiger partial charge in [0.05, 0.1) is 11.6 Å². The minimum atomic E-state index is -1.03. The number of nitriles is 1. The molecule has 0 radical (unpaired) electrons.